The Morgan fingerprint density at radius 1 is 1.58 bits per heavy atom. The van der Waals surface area contributed by atoms with Crippen LogP contribution in [0.4, 0.5) is 5.69 Å². The maximum absolute atomic E-state index is 10.9. The monoisotopic (exact) mass is 343 g/mol. The molecule has 0 saturated heterocycles. The molecule has 1 atom stereocenters. The molecule has 2 aromatic rings. The molecule has 100 valence electrons. The molecule has 1 heterocycles. The molecule has 0 aliphatic rings. The van der Waals surface area contributed by atoms with E-state index in [1.165, 1.54) is 6.07 Å². The van der Waals surface area contributed by atoms with E-state index in [-0.39, 0.29) is 11.1 Å². The van der Waals surface area contributed by atoms with E-state index in [0.717, 1.165) is 11.1 Å². The van der Waals surface area contributed by atoms with Gasteiger partial charge in [0.05, 0.1) is 23.0 Å². The van der Waals surface area contributed by atoms with Crippen molar-refractivity contribution in [1.82, 2.24) is 9.78 Å². The highest BCUT2D eigenvalue weighted by Crippen LogP contribution is 2.29. The summed E-state index contributed by atoms with van der Waals surface area (Å²) in [6.45, 7) is 2.32. The molecule has 7 heteroatoms. The number of aromatic nitrogens is 2. The number of benzene rings is 1. The minimum atomic E-state index is -0.414. The zero-order valence-corrected chi connectivity index (χ0v) is 12.4. The second kappa shape index (κ2) is 5.71. The Morgan fingerprint density at radius 2 is 2.32 bits per heavy atom. The molecule has 2 rings (SSSR count). The predicted octanol–water partition coefficient (Wildman–Crippen LogP) is 3.90. The van der Waals surface area contributed by atoms with Crippen LogP contribution in [0.2, 0.25) is 0 Å². The van der Waals surface area contributed by atoms with Crippen molar-refractivity contribution in [3.63, 3.8) is 0 Å². The second-order valence-electron chi connectivity index (χ2n) is 4.09. The maximum atomic E-state index is 10.9. The van der Waals surface area contributed by atoms with Crippen molar-refractivity contribution in [2.75, 3.05) is 0 Å². The minimum absolute atomic E-state index is 0.0515. The van der Waals surface area contributed by atoms with Crippen LogP contribution >= 0.6 is 27.5 Å². The Balaban J connectivity index is 2.28. The normalized spacial score (nSPS) is 12.4. The average molecular weight is 345 g/mol. The molecule has 0 N–H and O–H groups in total. The zero-order valence-electron chi connectivity index (χ0n) is 10.1. The predicted molar refractivity (Wildman–Crippen MR) is 76.4 cm³/mol. The van der Waals surface area contributed by atoms with Gasteiger partial charge in [-0.2, -0.15) is 5.10 Å². The molecule has 19 heavy (non-hydrogen) atoms. The topological polar surface area (TPSA) is 61.0 Å². The van der Waals surface area contributed by atoms with Gasteiger partial charge in [0, 0.05) is 17.8 Å². The Morgan fingerprint density at radius 3 is 2.89 bits per heavy atom. The van der Waals surface area contributed by atoms with Crippen LogP contribution in [0.3, 0.4) is 0 Å². The van der Waals surface area contributed by atoms with Crippen LogP contribution in [0, 0.1) is 10.1 Å². The molecular formula is C12H11BrClN3O2. The maximum Gasteiger partial charge on any atom is 0.283 e. The summed E-state index contributed by atoms with van der Waals surface area (Å²) < 4.78 is 2.19. The summed E-state index contributed by atoms with van der Waals surface area (Å²) in [5, 5.41) is 14.9. The standard InChI is InChI=1S/C12H11BrClN3O2/c1-8(14)10-5-15-16(7-10)6-9-3-2-4-11(12(9)13)17(18)19/h2-5,7-8H,6H2,1H3. The van der Waals surface area contributed by atoms with Gasteiger partial charge in [0.1, 0.15) is 4.47 Å². The van der Waals surface area contributed by atoms with Crippen molar-refractivity contribution in [2.45, 2.75) is 18.8 Å². The first-order valence-electron chi connectivity index (χ1n) is 5.57. The molecule has 0 bridgehead atoms. The molecule has 0 amide bonds. The molecular weight excluding hydrogens is 334 g/mol. The van der Waals surface area contributed by atoms with Gasteiger partial charge in [0.2, 0.25) is 0 Å². The average Bonchev–Trinajstić information content (AvgIpc) is 2.80. The number of hydrogen-bond donors (Lipinski definition) is 0. The highest BCUT2D eigenvalue weighted by atomic mass is 79.9. The fraction of sp³-hybridized carbons (Fsp3) is 0.250. The Bertz CT molecular complexity index is 613. The number of rotatable bonds is 4. The summed E-state index contributed by atoms with van der Waals surface area (Å²) in [5.74, 6) is 0. The minimum Gasteiger partial charge on any atom is -0.268 e. The van der Waals surface area contributed by atoms with Crippen LogP contribution in [0.1, 0.15) is 23.4 Å². The Labute approximate surface area is 123 Å². The van der Waals surface area contributed by atoms with Crippen LogP contribution in [0.15, 0.2) is 35.1 Å². The second-order valence-corrected chi connectivity index (χ2v) is 5.54. The first-order valence-corrected chi connectivity index (χ1v) is 6.80. The van der Waals surface area contributed by atoms with Gasteiger partial charge in [-0.1, -0.05) is 12.1 Å². The molecule has 0 radical (unpaired) electrons. The van der Waals surface area contributed by atoms with E-state index in [1.54, 1.807) is 16.9 Å². The van der Waals surface area contributed by atoms with E-state index in [2.05, 4.69) is 21.0 Å². The van der Waals surface area contributed by atoms with Crippen molar-refractivity contribution in [3.8, 4) is 0 Å². The van der Waals surface area contributed by atoms with Crippen LogP contribution in [-0.2, 0) is 6.54 Å². The molecule has 1 aromatic carbocycles. The fourth-order valence-corrected chi connectivity index (χ4v) is 2.32. The highest BCUT2D eigenvalue weighted by Gasteiger charge is 2.15. The first-order chi connectivity index (χ1) is 8.99. The Kier molecular flexibility index (Phi) is 4.21. The lowest BCUT2D eigenvalue weighted by molar-refractivity contribution is -0.385. The molecule has 5 nitrogen and oxygen atoms in total. The van der Waals surface area contributed by atoms with E-state index >= 15 is 0 Å². The number of halogens is 2. The molecule has 0 fully saturated rings. The quantitative estimate of drug-likeness (QED) is 0.480. The number of hydrogen-bond acceptors (Lipinski definition) is 3. The molecule has 0 aliphatic carbocycles. The van der Waals surface area contributed by atoms with Crippen molar-refractivity contribution < 1.29 is 4.92 Å². The zero-order chi connectivity index (χ0) is 14.0. The lowest BCUT2D eigenvalue weighted by Crippen LogP contribution is -2.02. The van der Waals surface area contributed by atoms with Crippen LogP contribution < -0.4 is 0 Å². The summed E-state index contributed by atoms with van der Waals surface area (Å²) in [6, 6.07) is 4.94. The third-order valence-corrected chi connectivity index (χ3v) is 3.87. The van der Waals surface area contributed by atoms with Gasteiger partial charge >= 0.3 is 0 Å². The van der Waals surface area contributed by atoms with E-state index in [4.69, 9.17) is 11.6 Å². The van der Waals surface area contributed by atoms with Gasteiger partial charge in [0.25, 0.3) is 5.69 Å². The van der Waals surface area contributed by atoms with Crippen LogP contribution in [0.25, 0.3) is 0 Å². The van der Waals surface area contributed by atoms with Gasteiger partial charge in [-0.15, -0.1) is 11.6 Å². The fourth-order valence-electron chi connectivity index (χ4n) is 1.68. The SMILES string of the molecule is CC(Cl)c1cnn(Cc2cccc([N+](=O)[O-])c2Br)c1. The van der Waals surface area contributed by atoms with Crippen molar-refractivity contribution >= 4 is 33.2 Å². The van der Waals surface area contributed by atoms with E-state index in [1.807, 2.05) is 19.2 Å². The van der Waals surface area contributed by atoms with Gasteiger partial charge in [0.15, 0.2) is 0 Å². The van der Waals surface area contributed by atoms with Gasteiger partial charge < -0.3 is 0 Å². The molecule has 0 aliphatic heterocycles. The number of nitro groups is 1. The van der Waals surface area contributed by atoms with Crippen molar-refractivity contribution in [1.29, 1.82) is 0 Å². The smallest absolute Gasteiger partial charge is 0.268 e. The lowest BCUT2D eigenvalue weighted by atomic mass is 10.2. The van der Waals surface area contributed by atoms with Crippen LogP contribution in [-0.4, -0.2) is 14.7 Å². The van der Waals surface area contributed by atoms with Gasteiger partial charge in [-0.05, 0) is 28.4 Å². The number of nitrogens with zero attached hydrogens (tertiary/aromatic N) is 3. The largest absolute Gasteiger partial charge is 0.283 e. The summed E-state index contributed by atoms with van der Waals surface area (Å²) in [7, 11) is 0. The third-order valence-electron chi connectivity index (χ3n) is 2.70. The van der Waals surface area contributed by atoms with Crippen molar-refractivity contribution in [3.05, 3.63) is 56.3 Å². The number of nitro benzene ring substituents is 1. The van der Waals surface area contributed by atoms with E-state index in [9.17, 15) is 10.1 Å². The van der Waals surface area contributed by atoms with Crippen LogP contribution in [0.5, 0.6) is 0 Å². The first kappa shape index (κ1) is 14.0. The molecule has 1 aromatic heterocycles. The lowest BCUT2D eigenvalue weighted by Gasteiger charge is -2.05. The molecule has 1 unspecified atom stereocenters. The summed E-state index contributed by atoms with van der Waals surface area (Å²) >= 11 is 9.23. The summed E-state index contributed by atoms with van der Waals surface area (Å²) in [5.41, 5.74) is 1.77. The Hall–Kier alpha value is -1.40. The number of alkyl halides is 1. The summed E-state index contributed by atoms with van der Waals surface area (Å²) in [6.07, 6.45) is 3.53. The van der Waals surface area contributed by atoms with E-state index in [0.29, 0.717) is 11.0 Å². The summed E-state index contributed by atoms with van der Waals surface area (Å²) in [4.78, 5) is 10.4. The van der Waals surface area contributed by atoms with Gasteiger partial charge in [-0.3, -0.25) is 14.8 Å². The highest BCUT2D eigenvalue weighted by molar-refractivity contribution is 9.10. The van der Waals surface area contributed by atoms with Crippen molar-refractivity contribution in [2.24, 2.45) is 0 Å². The molecule has 0 spiro atoms. The van der Waals surface area contributed by atoms with E-state index < -0.39 is 4.92 Å². The third kappa shape index (κ3) is 3.13. The van der Waals surface area contributed by atoms with Gasteiger partial charge in [-0.25, -0.2) is 0 Å². The molecule has 0 saturated carbocycles.